The van der Waals surface area contributed by atoms with Crippen LogP contribution in [0.3, 0.4) is 0 Å². The molecule has 0 aliphatic carbocycles. The molecule has 0 radical (unpaired) electrons. The van der Waals surface area contributed by atoms with Gasteiger partial charge < -0.3 is 10.2 Å². The number of para-hydroxylation sites is 1. The molecule has 1 saturated heterocycles. The van der Waals surface area contributed by atoms with Gasteiger partial charge in [-0.2, -0.15) is 5.26 Å². The molecule has 1 heterocycles. The van der Waals surface area contributed by atoms with E-state index in [-0.39, 0.29) is 18.2 Å². The monoisotopic (exact) mass is 347 g/mol. The molecular formula is C21H21N3O2. The maximum atomic E-state index is 12.6. The molecule has 2 aromatic carbocycles. The summed E-state index contributed by atoms with van der Waals surface area (Å²) in [4.78, 5) is 26.9. The van der Waals surface area contributed by atoms with Gasteiger partial charge in [-0.15, -0.1) is 0 Å². The molecule has 5 heteroatoms. The Hall–Kier alpha value is -3.13. The second kappa shape index (κ2) is 7.40. The average molecular weight is 347 g/mol. The molecule has 0 spiro atoms. The second-order valence-corrected chi connectivity index (χ2v) is 6.52. The molecule has 1 atom stereocenters. The van der Waals surface area contributed by atoms with Gasteiger partial charge >= 0.3 is 0 Å². The number of rotatable bonds is 4. The SMILES string of the molecule is CCc1cccc(C)c1N1CC(C(=O)Nc2cccc(C#N)c2)CC1=O. The first kappa shape index (κ1) is 17.7. The van der Waals surface area contributed by atoms with Gasteiger partial charge in [-0.05, 0) is 42.7 Å². The molecule has 1 aliphatic rings. The first-order valence-electron chi connectivity index (χ1n) is 8.73. The van der Waals surface area contributed by atoms with Crippen LogP contribution in [0.5, 0.6) is 0 Å². The van der Waals surface area contributed by atoms with Crippen molar-refractivity contribution in [2.45, 2.75) is 26.7 Å². The molecule has 1 unspecified atom stereocenters. The summed E-state index contributed by atoms with van der Waals surface area (Å²) < 4.78 is 0. The fourth-order valence-corrected chi connectivity index (χ4v) is 3.40. The molecule has 0 aromatic heterocycles. The average Bonchev–Trinajstić information content (AvgIpc) is 3.03. The normalized spacial score (nSPS) is 16.4. The van der Waals surface area contributed by atoms with E-state index in [0.29, 0.717) is 17.8 Å². The number of hydrogen-bond acceptors (Lipinski definition) is 3. The zero-order chi connectivity index (χ0) is 18.7. The van der Waals surface area contributed by atoms with Gasteiger partial charge in [-0.25, -0.2) is 0 Å². The number of nitriles is 1. The van der Waals surface area contributed by atoms with Crippen molar-refractivity contribution >= 4 is 23.2 Å². The van der Waals surface area contributed by atoms with Crippen molar-refractivity contribution in [3.05, 3.63) is 59.2 Å². The van der Waals surface area contributed by atoms with Crippen molar-refractivity contribution in [1.82, 2.24) is 0 Å². The number of carbonyl (C=O) groups excluding carboxylic acids is 2. The lowest BCUT2D eigenvalue weighted by atomic mass is 10.0. The standard InChI is InChI=1S/C21H21N3O2/c1-3-16-8-4-6-14(2)20(16)24-13-17(11-19(24)25)21(26)23-18-9-5-7-15(10-18)12-22/h4-10,17H,3,11,13H2,1-2H3,(H,23,26). The highest BCUT2D eigenvalue weighted by Crippen LogP contribution is 2.32. The molecule has 0 bridgehead atoms. The Labute approximate surface area is 153 Å². The molecule has 5 nitrogen and oxygen atoms in total. The van der Waals surface area contributed by atoms with Crippen molar-refractivity contribution in [3.8, 4) is 6.07 Å². The molecule has 0 saturated carbocycles. The highest BCUT2D eigenvalue weighted by molar-refractivity contribution is 6.04. The lowest BCUT2D eigenvalue weighted by Crippen LogP contribution is -2.29. The molecular weight excluding hydrogens is 326 g/mol. The highest BCUT2D eigenvalue weighted by atomic mass is 16.2. The summed E-state index contributed by atoms with van der Waals surface area (Å²) >= 11 is 0. The van der Waals surface area contributed by atoms with Gasteiger partial charge in [0.25, 0.3) is 0 Å². The molecule has 132 valence electrons. The molecule has 2 amide bonds. The van der Waals surface area contributed by atoms with E-state index < -0.39 is 5.92 Å². The first-order chi connectivity index (χ1) is 12.5. The zero-order valence-corrected chi connectivity index (χ0v) is 15.0. The molecule has 1 fully saturated rings. The Kier molecular flexibility index (Phi) is 5.04. The van der Waals surface area contributed by atoms with Gasteiger partial charge in [-0.1, -0.05) is 31.2 Å². The number of aryl methyl sites for hydroxylation is 2. The number of benzene rings is 2. The minimum Gasteiger partial charge on any atom is -0.326 e. The van der Waals surface area contributed by atoms with E-state index in [1.807, 2.05) is 25.1 Å². The van der Waals surface area contributed by atoms with Crippen LogP contribution >= 0.6 is 0 Å². The molecule has 3 rings (SSSR count). The third kappa shape index (κ3) is 3.45. The van der Waals surface area contributed by atoms with Gasteiger partial charge in [0.1, 0.15) is 0 Å². The van der Waals surface area contributed by atoms with Crippen LogP contribution in [0.2, 0.25) is 0 Å². The van der Waals surface area contributed by atoms with Crippen molar-refractivity contribution < 1.29 is 9.59 Å². The quantitative estimate of drug-likeness (QED) is 0.921. The highest BCUT2D eigenvalue weighted by Gasteiger charge is 2.36. The minimum absolute atomic E-state index is 0.0278. The maximum Gasteiger partial charge on any atom is 0.229 e. The van der Waals surface area contributed by atoms with Crippen molar-refractivity contribution in [3.63, 3.8) is 0 Å². The number of nitrogens with zero attached hydrogens (tertiary/aromatic N) is 2. The second-order valence-electron chi connectivity index (χ2n) is 6.52. The van der Waals surface area contributed by atoms with Crippen LogP contribution in [0.4, 0.5) is 11.4 Å². The van der Waals surface area contributed by atoms with Crippen molar-refractivity contribution in [1.29, 1.82) is 5.26 Å². The summed E-state index contributed by atoms with van der Waals surface area (Å²) in [6.45, 7) is 4.42. The van der Waals surface area contributed by atoms with E-state index in [4.69, 9.17) is 5.26 Å². The Bertz CT molecular complexity index is 898. The van der Waals surface area contributed by atoms with Crippen LogP contribution < -0.4 is 10.2 Å². The fraction of sp³-hybridized carbons (Fsp3) is 0.286. The fourth-order valence-electron chi connectivity index (χ4n) is 3.40. The summed E-state index contributed by atoms with van der Waals surface area (Å²) in [5, 5.41) is 11.8. The van der Waals surface area contributed by atoms with Crippen LogP contribution in [-0.4, -0.2) is 18.4 Å². The van der Waals surface area contributed by atoms with Crippen LogP contribution in [0.25, 0.3) is 0 Å². The Balaban J connectivity index is 1.77. The minimum atomic E-state index is -0.405. The molecule has 1 aliphatic heterocycles. The van der Waals surface area contributed by atoms with Gasteiger partial charge in [-0.3, -0.25) is 9.59 Å². The van der Waals surface area contributed by atoms with Crippen molar-refractivity contribution in [2.24, 2.45) is 5.92 Å². The molecule has 1 N–H and O–H groups in total. The van der Waals surface area contributed by atoms with E-state index in [1.165, 1.54) is 0 Å². The van der Waals surface area contributed by atoms with Crippen LogP contribution in [0.15, 0.2) is 42.5 Å². The van der Waals surface area contributed by atoms with E-state index in [2.05, 4.69) is 18.3 Å². The Morgan fingerprint density at radius 1 is 1.31 bits per heavy atom. The summed E-state index contributed by atoms with van der Waals surface area (Å²) in [7, 11) is 0. The van der Waals surface area contributed by atoms with E-state index in [9.17, 15) is 9.59 Å². The Morgan fingerprint density at radius 3 is 2.81 bits per heavy atom. The predicted molar refractivity (Wildman–Crippen MR) is 101 cm³/mol. The van der Waals surface area contributed by atoms with E-state index in [1.54, 1.807) is 29.2 Å². The zero-order valence-electron chi connectivity index (χ0n) is 15.0. The molecule has 2 aromatic rings. The van der Waals surface area contributed by atoms with E-state index >= 15 is 0 Å². The van der Waals surface area contributed by atoms with Crippen LogP contribution in [0.1, 0.15) is 30.0 Å². The number of hydrogen-bond donors (Lipinski definition) is 1. The predicted octanol–water partition coefficient (Wildman–Crippen LogP) is 3.42. The van der Waals surface area contributed by atoms with Gasteiger partial charge in [0.05, 0.1) is 17.6 Å². The van der Waals surface area contributed by atoms with Crippen LogP contribution in [0, 0.1) is 24.2 Å². The number of carbonyl (C=O) groups is 2. The largest absolute Gasteiger partial charge is 0.326 e. The Morgan fingerprint density at radius 2 is 2.08 bits per heavy atom. The van der Waals surface area contributed by atoms with Crippen LogP contribution in [-0.2, 0) is 16.0 Å². The number of anilines is 2. The van der Waals surface area contributed by atoms with E-state index in [0.717, 1.165) is 23.2 Å². The molecule has 26 heavy (non-hydrogen) atoms. The summed E-state index contributed by atoms with van der Waals surface area (Å²) in [6.07, 6.45) is 1.03. The number of nitrogens with one attached hydrogen (secondary N) is 1. The summed E-state index contributed by atoms with van der Waals surface area (Å²) in [6, 6.07) is 14.8. The van der Waals surface area contributed by atoms with Gasteiger partial charge in [0, 0.05) is 24.3 Å². The lowest BCUT2D eigenvalue weighted by molar-refractivity contribution is -0.122. The maximum absolute atomic E-state index is 12.6. The third-order valence-corrected chi connectivity index (χ3v) is 4.73. The topological polar surface area (TPSA) is 73.2 Å². The summed E-state index contributed by atoms with van der Waals surface area (Å²) in [5.74, 6) is -0.625. The van der Waals surface area contributed by atoms with Gasteiger partial charge in [0.15, 0.2) is 0 Å². The third-order valence-electron chi connectivity index (χ3n) is 4.73. The smallest absolute Gasteiger partial charge is 0.229 e. The van der Waals surface area contributed by atoms with Gasteiger partial charge in [0.2, 0.25) is 11.8 Å². The first-order valence-corrected chi connectivity index (χ1v) is 8.73. The lowest BCUT2D eigenvalue weighted by Gasteiger charge is -2.22. The number of amides is 2. The van der Waals surface area contributed by atoms with Crippen molar-refractivity contribution in [2.75, 3.05) is 16.8 Å². The summed E-state index contributed by atoms with van der Waals surface area (Å²) in [5.41, 5.74) is 4.15.